The first-order valence-electron chi connectivity index (χ1n) is 14.3. The quantitative estimate of drug-likeness (QED) is 0.306. The number of aromatic nitrogens is 2. The van der Waals surface area contributed by atoms with E-state index >= 15 is 0 Å². The van der Waals surface area contributed by atoms with Gasteiger partial charge in [-0.3, -0.25) is 29.5 Å². The molecule has 0 bridgehead atoms. The number of amides is 4. The first-order valence-corrected chi connectivity index (χ1v) is 14.3. The van der Waals surface area contributed by atoms with Gasteiger partial charge in [-0.15, -0.1) is 0 Å². The van der Waals surface area contributed by atoms with Gasteiger partial charge in [0.15, 0.2) is 0 Å². The van der Waals surface area contributed by atoms with Gasteiger partial charge in [-0.25, -0.2) is 4.99 Å². The number of likely N-dealkylation sites (tertiary alicyclic amines) is 2. The minimum Gasteiger partial charge on any atom is -0.361 e. The number of aliphatic imine (C=N–C) groups is 1. The molecule has 5 rings (SSSR count). The Morgan fingerprint density at radius 2 is 1.83 bits per heavy atom. The molecule has 1 aromatic carbocycles. The number of pyridine rings is 1. The zero-order chi connectivity index (χ0) is 29.6. The van der Waals surface area contributed by atoms with Gasteiger partial charge in [-0.2, -0.15) is 0 Å². The Morgan fingerprint density at radius 1 is 1.05 bits per heavy atom. The number of nitrogens with zero attached hydrogens (tertiary/aromatic N) is 5. The maximum Gasteiger partial charge on any atom is 0.271 e. The number of hydrogen-bond acceptors (Lipinski definition) is 6. The summed E-state index contributed by atoms with van der Waals surface area (Å²) in [6.07, 6.45) is 7.16. The Hall–Kier alpha value is -4.74. The Morgan fingerprint density at radius 3 is 2.57 bits per heavy atom. The molecule has 0 spiro atoms. The molecule has 4 amide bonds. The van der Waals surface area contributed by atoms with Gasteiger partial charge in [-0.05, 0) is 67.8 Å². The van der Waals surface area contributed by atoms with Crippen molar-refractivity contribution in [3.63, 3.8) is 0 Å². The van der Waals surface area contributed by atoms with Crippen LogP contribution >= 0.6 is 0 Å². The summed E-state index contributed by atoms with van der Waals surface area (Å²) in [6, 6.07) is 9.87. The van der Waals surface area contributed by atoms with Crippen LogP contribution in [0.3, 0.4) is 0 Å². The number of hydrogen-bond donors (Lipinski definition) is 3. The van der Waals surface area contributed by atoms with Crippen molar-refractivity contribution in [3.05, 3.63) is 60.0 Å². The minimum absolute atomic E-state index is 0.0349. The smallest absolute Gasteiger partial charge is 0.271 e. The number of nitrogens with one attached hydrogen (secondary N) is 3. The third-order valence-electron chi connectivity index (χ3n) is 7.52. The van der Waals surface area contributed by atoms with E-state index in [4.69, 9.17) is 4.99 Å². The molecule has 0 saturated carbocycles. The van der Waals surface area contributed by atoms with Gasteiger partial charge in [0.1, 0.15) is 11.7 Å². The van der Waals surface area contributed by atoms with Crippen LogP contribution < -0.4 is 10.6 Å². The van der Waals surface area contributed by atoms with Crippen molar-refractivity contribution in [1.29, 1.82) is 0 Å². The molecule has 0 aliphatic carbocycles. The van der Waals surface area contributed by atoms with Crippen molar-refractivity contribution in [1.82, 2.24) is 30.0 Å². The molecule has 1 unspecified atom stereocenters. The number of fused-ring (bicyclic) bond motifs is 1. The number of rotatable bonds is 6. The molecule has 220 valence electrons. The van der Waals surface area contributed by atoms with Crippen LogP contribution in [0.15, 0.2) is 53.8 Å². The van der Waals surface area contributed by atoms with E-state index in [9.17, 15) is 19.2 Å². The summed E-state index contributed by atoms with van der Waals surface area (Å²) in [5.41, 5.74) is 2.00. The highest BCUT2D eigenvalue weighted by atomic mass is 16.2. The fourth-order valence-electron chi connectivity index (χ4n) is 5.17. The molecule has 3 N–H and O–H groups in total. The third-order valence-corrected chi connectivity index (χ3v) is 7.52. The lowest BCUT2D eigenvalue weighted by molar-refractivity contribution is -0.140. The van der Waals surface area contributed by atoms with E-state index in [1.54, 1.807) is 19.0 Å². The lowest BCUT2D eigenvalue weighted by Crippen LogP contribution is -2.45. The third kappa shape index (κ3) is 6.76. The molecule has 2 saturated heterocycles. The van der Waals surface area contributed by atoms with E-state index in [0.717, 1.165) is 49.7 Å². The fraction of sp³-hybridized carbons (Fsp3) is 0.400. The van der Waals surface area contributed by atoms with Gasteiger partial charge in [0.2, 0.25) is 17.8 Å². The summed E-state index contributed by atoms with van der Waals surface area (Å²) in [4.78, 5) is 68.7. The van der Waals surface area contributed by atoms with Gasteiger partial charge in [0, 0.05) is 57.3 Å². The van der Waals surface area contributed by atoms with Crippen LogP contribution in [-0.2, 0) is 9.59 Å². The first-order chi connectivity index (χ1) is 20.3. The zero-order valence-electron chi connectivity index (χ0n) is 23.9. The molecule has 1 atom stereocenters. The van der Waals surface area contributed by atoms with Crippen LogP contribution in [0.4, 0.5) is 5.69 Å². The van der Waals surface area contributed by atoms with Crippen LogP contribution in [0.1, 0.15) is 53.0 Å². The Bertz CT molecular complexity index is 1490. The van der Waals surface area contributed by atoms with Crippen molar-refractivity contribution in [2.75, 3.05) is 45.6 Å². The summed E-state index contributed by atoms with van der Waals surface area (Å²) < 4.78 is 0. The van der Waals surface area contributed by atoms with Gasteiger partial charge in [0.25, 0.3) is 11.8 Å². The van der Waals surface area contributed by atoms with Crippen molar-refractivity contribution in [3.8, 4) is 0 Å². The number of anilines is 1. The van der Waals surface area contributed by atoms with Crippen LogP contribution in [0.2, 0.25) is 0 Å². The van der Waals surface area contributed by atoms with Gasteiger partial charge < -0.3 is 25.0 Å². The van der Waals surface area contributed by atoms with Crippen LogP contribution in [0.25, 0.3) is 10.9 Å². The van der Waals surface area contributed by atoms with Crippen molar-refractivity contribution in [2.24, 2.45) is 4.99 Å². The van der Waals surface area contributed by atoms with Crippen LogP contribution in [0, 0.1) is 0 Å². The minimum atomic E-state index is -0.769. The van der Waals surface area contributed by atoms with E-state index in [1.165, 1.54) is 23.2 Å². The van der Waals surface area contributed by atoms with E-state index < -0.39 is 11.9 Å². The standard InChI is InChI=1S/C30H36N8O4/c1-36(2)28(41)23-11-9-21(18-32-23)27(40)35-30(33-22-10-8-20-12-13-31-25(20)17-22)34-24-7-3-4-16-38(29(24)42)19-26(39)37-14-5-6-15-37/h8-13,17-18,24,31H,3-7,14-16,19H2,1-2H3,(H2,33,34,35,40). The van der Waals surface area contributed by atoms with E-state index in [-0.39, 0.29) is 41.5 Å². The maximum atomic E-state index is 13.6. The molecule has 4 heterocycles. The molecule has 0 radical (unpaired) electrons. The number of aromatic amines is 1. The van der Waals surface area contributed by atoms with Gasteiger partial charge in [0.05, 0.1) is 12.1 Å². The van der Waals surface area contributed by atoms with Gasteiger partial charge >= 0.3 is 0 Å². The Balaban J connectivity index is 1.38. The summed E-state index contributed by atoms with van der Waals surface area (Å²) in [5, 5.41) is 6.98. The van der Waals surface area contributed by atoms with Crippen molar-refractivity contribution in [2.45, 2.75) is 38.1 Å². The van der Waals surface area contributed by atoms with Crippen LogP contribution in [-0.4, -0.2) is 101 Å². The van der Waals surface area contributed by atoms with Gasteiger partial charge in [-0.1, -0.05) is 6.07 Å². The molecular formula is C30H36N8O4. The zero-order valence-corrected chi connectivity index (χ0v) is 23.9. The highest BCUT2D eigenvalue weighted by molar-refractivity contribution is 6.11. The molecule has 12 heteroatoms. The highest BCUT2D eigenvalue weighted by Gasteiger charge is 2.30. The predicted octanol–water partition coefficient (Wildman–Crippen LogP) is 2.47. The number of guanidine groups is 1. The molecule has 42 heavy (non-hydrogen) atoms. The molecular weight excluding hydrogens is 536 g/mol. The lowest BCUT2D eigenvalue weighted by Gasteiger charge is -2.25. The van der Waals surface area contributed by atoms with Crippen LogP contribution in [0.5, 0.6) is 0 Å². The topological polar surface area (TPSA) is 143 Å². The summed E-state index contributed by atoms with van der Waals surface area (Å²) >= 11 is 0. The number of H-pyrrole nitrogens is 1. The largest absolute Gasteiger partial charge is 0.361 e. The maximum absolute atomic E-state index is 13.6. The summed E-state index contributed by atoms with van der Waals surface area (Å²) in [7, 11) is 3.25. The molecule has 2 fully saturated rings. The number of carbonyl (C=O) groups excluding carboxylic acids is 4. The second kappa shape index (κ2) is 12.8. The molecule has 2 aliphatic rings. The first kappa shape index (κ1) is 28.8. The molecule has 12 nitrogen and oxygen atoms in total. The second-order valence-electron chi connectivity index (χ2n) is 10.8. The lowest BCUT2D eigenvalue weighted by atomic mass is 10.1. The fourth-order valence-corrected chi connectivity index (χ4v) is 5.17. The molecule has 3 aromatic rings. The Labute approximate surface area is 244 Å². The highest BCUT2D eigenvalue weighted by Crippen LogP contribution is 2.20. The SMILES string of the molecule is CN(C)C(=O)c1ccc(C(=O)NC(=NC2CCCCN(CC(=O)N3CCCC3)C2=O)Nc2ccc3cc[nH]c3c2)cn1. The van der Waals surface area contributed by atoms with E-state index in [2.05, 4.69) is 20.6 Å². The second-order valence-corrected chi connectivity index (χ2v) is 10.8. The summed E-state index contributed by atoms with van der Waals surface area (Å²) in [5.74, 6) is -0.946. The number of carbonyl (C=O) groups is 4. The summed E-state index contributed by atoms with van der Waals surface area (Å²) in [6.45, 7) is 1.99. The van der Waals surface area contributed by atoms with E-state index in [1.807, 2.05) is 35.4 Å². The van der Waals surface area contributed by atoms with Crippen molar-refractivity contribution >= 4 is 46.2 Å². The average molecular weight is 573 g/mol. The average Bonchev–Trinajstić information content (AvgIpc) is 3.67. The normalized spacial score (nSPS) is 17.7. The predicted molar refractivity (Wildman–Crippen MR) is 159 cm³/mol. The van der Waals surface area contributed by atoms with Crippen molar-refractivity contribution < 1.29 is 19.2 Å². The number of benzene rings is 1. The monoisotopic (exact) mass is 572 g/mol. The molecule has 2 aliphatic heterocycles. The molecule has 2 aromatic heterocycles. The Kier molecular flexibility index (Phi) is 8.80. The van der Waals surface area contributed by atoms with E-state index in [0.29, 0.717) is 18.7 Å².